The molecule has 142 valence electrons. The Bertz CT molecular complexity index is 980. The topological polar surface area (TPSA) is 71.5 Å². The van der Waals surface area contributed by atoms with Crippen molar-refractivity contribution in [3.63, 3.8) is 0 Å². The second-order valence-corrected chi connectivity index (χ2v) is 10.0. The highest BCUT2D eigenvalue weighted by atomic mass is 32.2. The Kier molecular flexibility index (Phi) is 5.55. The zero-order valence-corrected chi connectivity index (χ0v) is 16.9. The van der Waals surface area contributed by atoms with Gasteiger partial charge in [-0.15, -0.1) is 11.3 Å². The summed E-state index contributed by atoms with van der Waals surface area (Å²) in [5, 5.41) is 2.14. The van der Waals surface area contributed by atoms with Gasteiger partial charge < -0.3 is 4.74 Å². The smallest absolute Gasteiger partial charge is 0.273 e. The number of nitrogens with zero attached hydrogens (tertiary/aromatic N) is 2. The van der Waals surface area contributed by atoms with Crippen LogP contribution < -0.4 is 4.72 Å². The summed E-state index contributed by atoms with van der Waals surface area (Å²) in [6, 6.07) is 13.2. The monoisotopic (exact) mass is 421 g/mol. The van der Waals surface area contributed by atoms with Crippen molar-refractivity contribution in [2.45, 2.75) is 10.8 Å². The SMILES string of the molecule is O=S(=O)(Nc1nc(-c2ccccc2)c(CN2CCOCC2)s1)c1cccs1. The molecule has 6 nitrogen and oxygen atoms in total. The van der Waals surface area contributed by atoms with E-state index in [1.807, 2.05) is 30.3 Å². The van der Waals surface area contributed by atoms with Crippen LogP contribution in [0.25, 0.3) is 11.3 Å². The third-order valence-corrected chi connectivity index (χ3v) is 8.02. The van der Waals surface area contributed by atoms with Gasteiger partial charge in [-0.1, -0.05) is 47.7 Å². The summed E-state index contributed by atoms with van der Waals surface area (Å²) in [5.41, 5.74) is 1.81. The number of thiazole rings is 1. The summed E-state index contributed by atoms with van der Waals surface area (Å²) < 4.78 is 33.4. The standard InChI is InChI=1S/C18H19N3O3S3/c22-27(23,16-7-4-12-25-16)20-18-19-17(14-5-2-1-3-6-14)15(26-18)13-21-8-10-24-11-9-21/h1-7,12H,8-11,13H2,(H,19,20). The first kappa shape index (κ1) is 18.6. The van der Waals surface area contributed by atoms with Crippen molar-refractivity contribution in [1.29, 1.82) is 0 Å². The van der Waals surface area contributed by atoms with Gasteiger partial charge in [-0.3, -0.25) is 9.62 Å². The lowest BCUT2D eigenvalue weighted by Gasteiger charge is -2.26. The van der Waals surface area contributed by atoms with Crippen LogP contribution in [-0.2, 0) is 21.3 Å². The van der Waals surface area contributed by atoms with Crippen LogP contribution in [0.5, 0.6) is 0 Å². The van der Waals surface area contributed by atoms with Gasteiger partial charge in [0.1, 0.15) is 4.21 Å². The Labute approximate surface area is 166 Å². The molecule has 0 bridgehead atoms. The van der Waals surface area contributed by atoms with Crippen LogP contribution >= 0.6 is 22.7 Å². The first-order valence-electron chi connectivity index (χ1n) is 8.53. The van der Waals surface area contributed by atoms with Gasteiger partial charge >= 0.3 is 0 Å². The molecule has 0 amide bonds. The third kappa shape index (κ3) is 4.39. The molecule has 2 aromatic heterocycles. The summed E-state index contributed by atoms with van der Waals surface area (Å²) in [5.74, 6) is 0. The molecule has 0 spiro atoms. The van der Waals surface area contributed by atoms with E-state index in [4.69, 9.17) is 4.74 Å². The van der Waals surface area contributed by atoms with E-state index in [1.54, 1.807) is 17.5 Å². The quantitative estimate of drug-likeness (QED) is 0.660. The minimum atomic E-state index is -3.61. The van der Waals surface area contributed by atoms with Crippen LogP contribution in [0.2, 0.25) is 0 Å². The van der Waals surface area contributed by atoms with E-state index in [0.29, 0.717) is 5.13 Å². The van der Waals surface area contributed by atoms with Gasteiger partial charge in [0.2, 0.25) is 0 Å². The molecule has 27 heavy (non-hydrogen) atoms. The molecule has 0 radical (unpaired) electrons. The van der Waals surface area contributed by atoms with E-state index in [0.717, 1.165) is 49.0 Å². The van der Waals surface area contributed by atoms with Gasteiger partial charge in [-0.05, 0) is 11.4 Å². The maximum absolute atomic E-state index is 12.5. The molecule has 4 rings (SSSR count). The number of rotatable bonds is 6. The van der Waals surface area contributed by atoms with Crippen LogP contribution in [0.3, 0.4) is 0 Å². The molecule has 0 atom stereocenters. The molecule has 1 saturated heterocycles. The van der Waals surface area contributed by atoms with Crippen LogP contribution in [0, 0.1) is 0 Å². The van der Waals surface area contributed by atoms with E-state index in [-0.39, 0.29) is 4.21 Å². The molecule has 3 heterocycles. The van der Waals surface area contributed by atoms with Crippen molar-refractivity contribution < 1.29 is 13.2 Å². The largest absolute Gasteiger partial charge is 0.379 e. The van der Waals surface area contributed by atoms with Crippen LogP contribution in [-0.4, -0.2) is 44.6 Å². The lowest BCUT2D eigenvalue weighted by atomic mass is 10.1. The van der Waals surface area contributed by atoms with E-state index in [9.17, 15) is 8.42 Å². The molecular weight excluding hydrogens is 402 g/mol. The molecule has 1 aliphatic heterocycles. The highest BCUT2D eigenvalue weighted by Crippen LogP contribution is 2.33. The normalized spacial score (nSPS) is 15.7. The molecule has 1 aromatic carbocycles. The fourth-order valence-electron chi connectivity index (χ4n) is 2.87. The second-order valence-electron chi connectivity index (χ2n) is 6.08. The number of sulfonamides is 1. The average molecular weight is 422 g/mol. The van der Waals surface area contributed by atoms with Crippen LogP contribution in [0.1, 0.15) is 4.88 Å². The Morgan fingerprint density at radius 2 is 1.89 bits per heavy atom. The fourth-order valence-corrected chi connectivity index (χ4v) is 6.12. The molecule has 1 N–H and O–H groups in total. The van der Waals surface area contributed by atoms with Crippen LogP contribution in [0.15, 0.2) is 52.1 Å². The summed E-state index contributed by atoms with van der Waals surface area (Å²) in [6.07, 6.45) is 0. The molecule has 3 aromatic rings. The predicted octanol–water partition coefficient (Wildman–Crippen LogP) is 3.50. The number of aromatic nitrogens is 1. The molecule has 0 saturated carbocycles. The molecule has 0 unspecified atom stereocenters. The number of nitrogens with one attached hydrogen (secondary N) is 1. The van der Waals surface area contributed by atoms with Crippen molar-refractivity contribution in [1.82, 2.24) is 9.88 Å². The van der Waals surface area contributed by atoms with Crippen molar-refractivity contribution in [3.05, 3.63) is 52.7 Å². The number of ether oxygens (including phenoxy) is 1. The van der Waals surface area contributed by atoms with Crippen LogP contribution in [0.4, 0.5) is 5.13 Å². The number of thiophene rings is 1. The molecule has 1 fully saturated rings. The number of morpholine rings is 1. The molecule has 1 aliphatic rings. The highest BCUT2D eigenvalue weighted by Gasteiger charge is 2.22. The average Bonchev–Trinajstić information content (AvgIpc) is 3.34. The molecule has 0 aliphatic carbocycles. The lowest BCUT2D eigenvalue weighted by molar-refractivity contribution is 0.0347. The van der Waals surface area contributed by atoms with Gasteiger partial charge in [0, 0.05) is 30.1 Å². The first-order valence-corrected chi connectivity index (χ1v) is 11.7. The maximum Gasteiger partial charge on any atom is 0.273 e. The van der Waals surface area contributed by atoms with Crippen molar-refractivity contribution >= 4 is 37.8 Å². The summed E-state index contributed by atoms with van der Waals surface area (Å²) in [6.45, 7) is 3.89. The number of anilines is 1. The van der Waals surface area contributed by atoms with Crippen molar-refractivity contribution in [2.75, 3.05) is 31.0 Å². The minimum Gasteiger partial charge on any atom is -0.379 e. The zero-order chi connectivity index (χ0) is 18.7. The summed E-state index contributed by atoms with van der Waals surface area (Å²) in [7, 11) is -3.61. The number of benzene rings is 1. The van der Waals surface area contributed by atoms with Gasteiger partial charge in [0.05, 0.1) is 18.9 Å². The van der Waals surface area contributed by atoms with Gasteiger partial charge in [-0.2, -0.15) is 0 Å². The Morgan fingerprint density at radius 3 is 2.59 bits per heavy atom. The minimum absolute atomic E-state index is 0.286. The van der Waals surface area contributed by atoms with Gasteiger partial charge in [0.15, 0.2) is 5.13 Å². The van der Waals surface area contributed by atoms with Gasteiger partial charge in [0.25, 0.3) is 10.0 Å². The van der Waals surface area contributed by atoms with E-state index in [1.165, 1.54) is 22.7 Å². The predicted molar refractivity (Wildman–Crippen MR) is 109 cm³/mol. The first-order chi connectivity index (χ1) is 13.1. The second kappa shape index (κ2) is 8.07. The Hall–Kier alpha value is -1.78. The summed E-state index contributed by atoms with van der Waals surface area (Å²) >= 11 is 2.58. The van der Waals surface area contributed by atoms with E-state index in [2.05, 4.69) is 14.6 Å². The summed E-state index contributed by atoms with van der Waals surface area (Å²) in [4.78, 5) is 7.97. The Balaban J connectivity index is 1.65. The van der Waals surface area contributed by atoms with Gasteiger partial charge in [-0.25, -0.2) is 13.4 Å². The van der Waals surface area contributed by atoms with E-state index < -0.39 is 10.0 Å². The van der Waals surface area contributed by atoms with E-state index >= 15 is 0 Å². The zero-order valence-electron chi connectivity index (χ0n) is 14.5. The highest BCUT2D eigenvalue weighted by molar-refractivity contribution is 7.94. The Morgan fingerprint density at radius 1 is 1.11 bits per heavy atom. The molecule has 9 heteroatoms. The number of hydrogen-bond acceptors (Lipinski definition) is 7. The fraction of sp³-hybridized carbons (Fsp3) is 0.278. The number of hydrogen-bond donors (Lipinski definition) is 1. The van der Waals surface area contributed by atoms with Crippen molar-refractivity contribution in [3.8, 4) is 11.3 Å². The maximum atomic E-state index is 12.5. The third-order valence-electron chi connectivity index (χ3n) is 4.20. The van der Waals surface area contributed by atoms with Crippen molar-refractivity contribution in [2.24, 2.45) is 0 Å². The lowest BCUT2D eigenvalue weighted by Crippen LogP contribution is -2.35. The molecular formula is C18H19N3O3S3.